The van der Waals surface area contributed by atoms with E-state index in [0.717, 1.165) is 10.6 Å². The summed E-state index contributed by atoms with van der Waals surface area (Å²) in [6.45, 7) is 0. The van der Waals surface area contributed by atoms with Gasteiger partial charge in [-0.05, 0) is 40.6 Å². The Morgan fingerprint density at radius 2 is 1.53 bits per heavy atom. The number of hydrogen-bond acceptors (Lipinski definition) is 2. The molecule has 0 unspecified atom stereocenters. The average Bonchev–Trinajstić information content (AvgIpc) is 2.46. The Balaban J connectivity index is 1.80. The van der Waals surface area contributed by atoms with Gasteiger partial charge in [0, 0.05) is 15.5 Å². The third kappa shape index (κ3) is 3.14. The molecular weight excluding hydrogens is 268 g/mol. The second-order valence-electron chi connectivity index (χ2n) is 4.47. The maximum atomic E-state index is 4.37. The van der Waals surface area contributed by atoms with Crippen LogP contribution in [-0.4, -0.2) is 0 Å². The number of fused-ring (bicyclic) bond motifs is 1. The number of hydrogen-bond donors (Lipinski definition) is 1. The van der Waals surface area contributed by atoms with Crippen molar-refractivity contribution in [1.29, 1.82) is 0 Å². The Bertz CT molecular complexity index is 690. The molecule has 0 heterocycles. The third-order valence-electron chi connectivity index (χ3n) is 3.04. The number of rotatable bonds is 3. The van der Waals surface area contributed by atoms with Crippen molar-refractivity contribution in [3.8, 4) is 0 Å². The summed E-state index contributed by atoms with van der Waals surface area (Å²) < 4.78 is 0. The summed E-state index contributed by atoms with van der Waals surface area (Å²) in [5, 5.41) is 2.52. The Kier molecular flexibility index (Phi) is 3.81. The van der Waals surface area contributed by atoms with Crippen LogP contribution in [0.15, 0.2) is 76.5 Å². The van der Waals surface area contributed by atoms with Crippen molar-refractivity contribution >= 4 is 35.2 Å². The molecule has 94 valence electrons. The molecule has 0 atom stereocenters. The van der Waals surface area contributed by atoms with Gasteiger partial charge in [-0.1, -0.05) is 42.5 Å². The second kappa shape index (κ2) is 5.72. The van der Waals surface area contributed by atoms with Crippen LogP contribution in [0.4, 0.5) is 0 Å². The number of thioether (sulfide) groups is 1. The summed E-state index contributed by atoms with van der Waals surface area (Å²) in [4.78, 5) is 2.32. The largest absolute Gasteiger partial charge is 0.143 e. The first-order valence-corrected chi connectivity index (χ1v) is 7.64. The average molecular weight is 282 g/mol. The maximum absolute atomic E-state index is 4.37. The molecule has 0 bridgehead atoms. The van der Waals surface area contributed by atoms with E-state index >= 15 is 0 Å². The summed E-state index contributed by atoms with van der Waals surface area (Å²) in [5.41, 5.74) is 1.36. The summed E-state index contributed by atoms with van der Waals surface area (Å²) in [6.07, 6.45) is 0. The summed E-state index contributed by atoms with van der Waals surface area (Å²) >= 11 is 6.24. The molecule has 0 aromatic heterocycles. The molecule has 0 radical (unpaired) electrons. The normalized spacial score (nSPS) is 10.8. The minimum atomic E-state index is 1.01. The molecule has 0 fully saturated rings. The van der Waals surface area contributed by atoms with Crippen LogP contribution in [0.25, 0.3) is 10.8 Å². The molecule has 0 aliphatic rings. The maximum Gasteiger partial charge on any atom is 0.0231 e. The van der Waals surface area contributed by atoms with Crippen LogP contribution in [-0.2, 0) is 5.75 Å². The lowest BCUT2D eigenvalue weighted by Crippen LogP contribution is -1.80. The zero-order valence-corrected chi connectivity index (χ0v) is 12.1. The van der Waals surface area contributed by atoms with E-state index in [1.807, 2.05) is 17.8 Å². The van der Waals surface area contributed by atoms with E-state index in [2.05, 4.69) is 73.3 Å². The van der Waals surface area contributed by atoms with E-state index in [9.17, 15) is 0 Å². The minimum Gasteiger partial charge on any atom is -0.143 e. The van der Waals surface area contributed by atoms with Crippen LogP contribution in [0, 0.1) is 0 Å². The molecular formula is C17H14S2. The molecule has 3 aromatic carbocycles. The molecule has 19 heavy (non-hydrogen) atoms. The fraction of sp³-hybridized carbons (Fsp3) is 0.0588. The lowest BCUT2D eigenvalue weighted by molar-refractivity contribution is 1.39. The van der Waals surface area contributed by atoms with Gasteiger partial charge in [-0.2, -0.15) is 0 Å². The zero-order chi connectivity index (χ0) is 13.1. The molecule has 3 rings (SSSR count). The minimum absolute atomic E-state index is 1.01. The van der Waals surface area contributed by atoms with Gasteiger partial charge in [0.1, 0.15) is 0 Å². The molecule has 0 saturated heterocycles. The van der Waals surface area contributed by atoms with Gasteiger partial charge in [0.25, 0.3) is 0 Å². The molecule has 0 aliphatic heterocycles. The van der Waals surface area contributed by atoms with Crippen LogP contribution in [0.2, 0.25) is 0 Å². The van der Waals surface area contributed by atoms with E-state index < -0.39 is 0 Å². The lowest BCUT2D eigenvalue weighted by Gasteiger charge is -2.04. The first-order chi connectivity index (χ1) is 9.31. The van der Waals surface area contributed by atoms with E-state index in [-0.39, 0.29) is 0 Å². The summed E-state index contributed by atoms with van der Waals surface area (Å²) in [7, 11) is 0. The molecule has 3 aromatic rings. The smallest absolute Gasteiger partial charge is 0.0231 e. The van der Waals surface area contributed by atoms with Crippen molar-refractivity contribution in [2.45, 2.75) is 15.5 Å². The van der Waals surface area contributed by atoms with Crippen LogP contribution in [0.1, 0.15) is 5.56 Å². The Labute approximate surface area is 123 Å². The van der Waals surface area contributed by atoms with Crippen molar-refractivity contribution in [2.24, 2.45) is 0 Å². The Hall–Kier alpha value is -1.38. The SMILES string of the molecule is Sc1ccc2cc(SCc3ccccc3)ccc2c1. The van der Waals surface area contributed by atoms with Gasteiger partial charge in [0.05, 0.1) is 0 Å². The molecule has 0 spiro atoms. The topological polar surface area (TPSA) is 0 Å². The quantitative estimate of drug-likeness (QED) is 0.494. The van der Waals surface area contributed by atoms with Gasteiger partial charge >= 0.3 is 0 Å². The van der Waals surface area contributed by atoms with Crippen LogP contribution >= 0.6 is 24.4 Å². The standard InChI is InChI=1S/C17H14S2/c18-16-8-6-15-11-17(9-7-14(15)10-16)19-12-13-4-2-1-3-5-13/h1-11,18H,12H2. The highest BCUT2D eigenvalue weighted by atomic mass is 32.2. The predicted molar refractivity (Wildman–Crippen MR) is 87.2 cm³/mol. The van der Waals surface area contributed by atoms with E-state index in [0.29, 0.717) is 0 Å². The van der Waals surface area contributed by atoms with Gasteiger partial charge in [-0.15, -0.1) is 24.4 Å². The molecule has 0 amide bonds. The highest BCUT2D eigenvalue weighted by Gasteiger charge is 1.99. The van der Waals surface area contributed by atoms with Gasteiger partial charge in [0.15, 0.2) is 0 Å². The van der Waals surface area contributed by atoms with Gasteiger partial charge < -0.3 is 0 Å². The highest BCUT2D eigenvalue weighted by molar-refractivity contribution is 7.98. The van der Waals surface area contributed by atoms with Crippen molar-refractivity contribution < 1.29 is 0 Å². The van der Waals surface area contributed by atoms with Crippen LogP contribution in [0.3, 0.4) is 0 Å². The van der Waals surface area contributed by atoms with Crippen molar-refractivity contribution in [3.63, 3.8) is 0 Å². The molecule has 0 saturated carbocycles. The molecule has 0 N–H and O–H groups in total. The molecule has 2 heteroatoms. The predicted octanol–water partition coefficient (Wildman–Crippen LogP) is 5.42. The summed E-state index contributed by atoms with van der Waals surface area (Å²) in [6, 6.07) is 23.4. The van der Waals surface area contributed by atoms with Gasteiger partial charge in [0.2, 0.25) is 0 Å². The van der Waals surface area contributed by atoms with Gasteiger partial charge in [-0.3, -0.25) is 0 Å². The highest BCUT2D eigenvalue weighted by Crippen LogP contribution is 2.27. The Morgan fingerprint density at radius 1 is 0.789 bits per heavy atom. The van der Waals surface area contributed by atoms with Crippen molar-refractivity contribution in [1.82, 2.24) is 0 Å². The summed E-state index contributed by atoms with van der Waals surface area (Å²) in [5.74, 6) is 1.01. The number of thiol groups is 1. The molecule has 0 nitrogen and oxygen atoms in total. The van der Waals surface area contributed by atoms with Crippen molar-refractivity contribution in [2.75, 3.05) is 0 Å². The van der Waals surface area contributed by atoms with Crippen LogP contribution in [0.5, 0.6) is 0 Å². The van der Waals surface area contributed by atoms with Gasteiger partial charge in [-0.25, -0.2) is 0 Å². The first kappa shape index (κ1) is 12.6. The van der Waals surface area contributed by atoms with E-state index in [1.165, 1.54) is 21.2 Å². The third-order valence-corrected chi connectivity index (χ3v) is 4.39. The monoisotopic (exact) mass is 282 g/mol. The molecule has 0 aliphatic carbocycles. The van der Waals surface area contributed by atoms with E-state index in [1.54, 1.807) is 0 Å². The van der Waals surface area contributed by atoms with E-state index in [4.69, 9.17) is 0 Å². The fourth-order valence-electron chi connectivity index (χ4n) is 2.04. The second-order valence-corrected chi connectivity index (χ2v) is 6.03. The first-order valence-electron chi connectivity index (χ1n) is 6.21. The number of benzene rings is 3. The van der Waals surface area contributed by atoms with Crippen molar-refractivity contribution in [3.05, 3.63) is 72.3 Å². The fourth-order valence-corrected chi connectivity index (χ4v) is 3.16. The van der Waals surface area contributed by atoms with Crippen LogP contribution < -0.4 is 0 Å². The zero-order valence-electron chi connectivity index (χ0n) is 10.4. The lowest BCUT2D eigenvalue weighted by atomic mass is 10.1. The Morgan fingerprint density at radius 3 is 2.37 bits per heavy atom.